The predicted molar refractivity (Wildman–Crippen MR) is 54.7 cm³/mol. The van der Waals surface area contributed by atoms with Gasteiger partial charge in [-0.15, -0.1) is 0 Å². The van der Waals surface area contributed by atoms with E-state index < -0.39 is 11.7 Å². The van der Waals surface area contributed by atoms with Crippen molar-refractivity contribution in [3.8, 4) is 0 Å². The van der Waals surface area contributed by atoms with Crippen LogP contribution < -0.4 is 0 Å². The molecule has 0 radical (unpaired) electrons. The van der Waals surface area contributed by atoms with Gasteiger partial charge in [-0.1, -0.05) is 19.9 Å². The first-order valence-corrected chi connectivity index (χ1v) is 4.97. The first-order valence-electron chi connectivity index (χ1n) is 4.97. The quantitative estimate of drug-likeness (QED) is 0.694. The Balaban J connectivity index is 3.06. The van der Waals surface area contributed by atoms with Gasteiger partial charge in [-0.2, -0.15) is 13.2 Å². The highest BCUT2D eigenvalue weighted by Crippen LogP contribution is 2.31. The Morgan fingerprint density at radius 2 is 1.80 bits per heavy atom. The van der Waals surface area contributed by atoms with Crippen molar-refractivity contribution in [2.75, 3.05) is 0 Å². The molecule has 0 N–H and O–H groups in total. The van der Waals surface area contributed by atoms with E-state index in [-0.39, 0.29) is 0 Å². The van der Waals surface area contributed by atoms with Crippen LogP contribution in [0.15, 0.2) is 18.2 Å². The Bertz CT molecular complexity index is 337. The second kappa shape index (κ2) is 4.25. The van der Waals surface area contributed by atoms with Crippen LogP contribution in [-0.4, -0.2) is 0 Å². The highest BCUT2D eigenvalue weighted by Gasteiger charge is 2.30. The van der Waals surface area contributed by atoms with Crippen LogP contribution in [0.4, 0.5) is 13.2 Å². The number of halogens is 3. The van der Waals surface area contributed by atoms with Gasteiger partial charge in [0.2, 0.25) is 0 Å². The van der Waals surface area contributed by atoms with Crippen molar-refractivity contribution in [2.24, 2.45) is 5.92 Å². The maximum Gasteiger partial charge on any atom is 0.416 e. The summed E-state index contributed by atoms with van der Waals surface area (Å²) in [4.78, 5) is 0. The molecular weight excluding hydrogens is 201 g/mol. The summed E-state index contributed by atoms with van der Waals surface area (Å²) in [5.74, 6) is 0.368. The smallest absolute Gasteiger partial charge is 0.166 e. The molecule has 0 aliphatic rings. The second-order valence-corrected chi connectivity index (χ2v) is 4.24. The molecule has 0 aromatic heterocycles. The third kappa shape index (κ3) is 3.26. The number of alkyl halides is 3. The zero-order valence-corrected chi connectivity index (χ0v) is 9.15. The van der Waals surface area contributed by atoms with Gasteiger partial charge in [0.05, 0.1) is 5.56 Å². The molecule has 0 nitrogen and oxygen atoms in total. The van der Waals surface area contributed by atoms with Crippen LogP contribution in [0.2, 0.25) is 0 Å². The molecule has 0 saturated heterocycles. The third-order valence-corrected chi connectivity index (χ3v) is 2.30. The van der Waals surface area contributed by atoms with Crippen LogP contribution in [0.5, 0.6) is 0 Å². The van der Waals surface area contributed by atoms with Crippen molar-refractivity contribution in [3.63, 3.8) is 0 Å². The molecule has 1 aromatic rings. The van der Waals surface area contributed by atoms with Crippen LogP contribution in [0, 0.1) is 12.8 Å². The molecule has 15 heavy (non-hydrogen) atoms. The fraction of sp³-hybridized carbons (Fsp3) is 0.500. The first kappa shape index (κ1) is 12.1. The van der Waals surface area contributed by atoms with Crippen LogP contribution in [0.25, 0.3) is 0 Å². The monoisotopic (exact) mass is 216 g/mol. The highest BCUT2D eigenvalue weighted by molar-refractivity contribution is 5.32. The zero-order chi connectivity index (χ0) is 11.6. The van der Waals surface area contributed by atoms with E-state index in [1.807, 2.05) is 20.8 Å². The van der Waals surface area contributed by atoms with Crippen molar-refractivity contribution < 1.29 is 13.2 Å². The largest absolute Gasteiger partial charge is 0.416 e. The van der Waals surface area contributed by atoms with E-state index in [1.54, 1.807) is 6.07 Å². The molecule has 0 aliphatic carbocycles. The Kier molecular flexibility index (Phi) is 3.42. The van der Waals surface area contributed by atoms with Gasteiger partial charge in [0.1, 0.15) is 0 Å². The molecular formula is C12H15F3. The minimum absolute atomic E-state index is 0.368. The molecule has 0 fully saturated rings. The average Bonchev–Trinajstić information content (AvgIpc) is 2.06. The Morgan fingerprint density at radius 1 is 1.20 bits per heavy atom. The second-order valence-electron chi connectivity index (χ2n) is 4.24. The van der Waals surface area contributed by atoms with E-state index in [0.29, 0.717) is 12.3 Å². The minimum Gasteiger partial charge on any atom is -0.166 e. The molecule has 0 amide bonds. The summed E-state index contributed by atoms with van der Waals surface area (Å²) in [6, 6.07) is 3.94. The highest BCUT2D eigenvalue weighted by atomic mass is 19.4. The van der Waals surface area contributed by atoms with E-state index in [4.69, 9.17) is 0 Å². The van der Waals surface area contributed by atoms with Gasteiger partial charge in [0, 0.05) is 0 Å². The molecule has 84 valence electrons. The van der Waals surface area contributed by atoms with Gasteiger partial charge in [0.25, 0.3) is 0 Å². The molecule has 1 aromatic carbocycles. The molecule has 0 aliphatic heterocycles. The molecule has 0 heterocycles. The number of benzene rings is 1. The van der Waals surface area contributed by atoms with Crippen molar-refractivity contribution in [2.45, 2.75) is 33.4 Å². The molecule has 0 bridgehead atoms. The summed E-state index contributed by atoms with van der Waals surface area (Å²) in [5, 5.41) is 0. The van der Waals surface area contributed by atoms with Crippen molar-refractivity contribution >= 4 is 0 Å². The average molecular weight is 216 g/mol. The Morgan fingerprint density at radius 3 is 2.27 bits per heavy atom. The number of aryl methyl sites for hydroxylation is 1. The summed E-state index contributed by atoms with van der Waals surface area (Å²) in [5.41, 5.74) is 1.17. The van der Waals surface area contributed by atoms with Gasteiger partial charge < -0.3 is 0 Å². The summed E-state index contributed by atoms with van der Waals surface area (Å²) in [6.45, 7) is 5.84. The lowest BCUT2D eigenvalue weighted by atomic mass is 9.96. The summed E-state index contributed by atoms with van der Waals surface area (Å²) >= 11 is 0. The van der Waals surface area contributed by atoms with Gasteiger partial charge >= 0.3 is 6.18 Å². The molecule has 0 saturated carbocycles. The summed E-state index contributed by atoms with van der Waals surface area (Å²) in [7, 11) is 0. The van der Waals surface area contributed by atoms with Gasteiger partial charge in [-0.3, -0.25) is 0 Å². The van der Waals surface area contributed by atoms with Crippen LogP contribution in [0.3, 0.4) is 0 Å². The number of hydrogen-bond acceptors (Lipinski definition) is 0. The van der Waals surface area contributed by atoms with Crippen molar-refractivity contribution in [1.82, 2.24) is 0 Å². The fourth-order valence-electron chi connectivity index (χ4n) is 1.51. The SMILES string of the molecule is Cc1ccc(C(F)(F)F)cc1CC(C)C. The maximum atomic E-state index is 12.4. The zero-order valence-electron chi connectivity index (χ0n) is 9.15. The van der Waals surface area contributed by atoms with Gasteiger partial charge in [-0.25, -0.2) is 0 Å². The minimum atomic E-state index is -4.24. The van der Waals surface area contributed by atoms with E-state index in [0.717, 1.165) is 17.2 Å². The normalized spacial score (nSPS) is 12.2. The van der Waals surface area contributed by atoms with Gasteiger partial charge in [0.15, 0.2) is 0 Å². The predicted octanol–water partition coefficient (Wildman–Crippen LogP) is 4.21. The third-order valence-electron chi connectivity index (χ3n) is 2.30. The molecule has 3 heteroatoms. The lowest BCUT2D eigenvalue weighted by Crippen LogP contribution is -2.07. The van der Waals surface area contributed by atoms with E-state index >= 15 is 0 Å². The van der Waals surface area contributed by atoms with E-state index in [1.165, 1.54) is 6.07 Å². The van der Waals surface area contributed by atoms with Crippen LogP contribution >= 0.6 is 0 Å². The van der Waals surface area contributed by atoms with E-state index in [2.05, 4.69) is 0 Å². The Hall–Kier alpha value is -0.990. The van der Waals surface area contributed by atoms with Crippen molar-refractivity contribution in [1.29, 1.82) is 0 Å². The fourth-order valence-corrected chi connectivity index (χ4v) is 1.51. The molecule has 0 spiro atoms. The number of rotatable bonds is 2. The van der Waals surface area contributed by atoms with Crippen molar-refractivity contribution in [3.05, 3.63) is 34.9 Å². The van der Waals surface area contributed by atoms with E-state index in [9.17, 15) is 13.2 Å². The van der Waals surface area contributed by atoms with Crippen LogP contribution in [-0.2, 0) is 12.6 Å². The van der Waals surface area contributed by atoms with Crippen LogP contribution in [0.1, 0.15) is 30.5 Å². The number of hydrogen-bond donors (Lipinski definition) is 0. The van der Waals surface area contributed by atoms with Gasteiger partial charge in [-0.05, 0) is 42.5 Å². The first-order chi connectivity index (χ1) is 6.80. The molecule has 1 rings (SSSR count). The standard InChI is InChI=1S/C12H15F3/c1-8(2)6-10-7-11(12(13,14)15)5-4-9(10)3/h4-5,7-8H,6H2,1-3H3. The lowest BCUT2D eigenvalue weighted by molar-refractivity contribution is -0.137. The Labute approximate surface area is 88.1 Å². The summed E-state index contributed by atoms with van der Waals surface area (Å²) in [6.07, 6.45) is -3.55. The topological polar surface area (TPSA) is 0 Å². The molecule has 0 unspecified atom stereocenters. The summed E-state index contributed by atoms with van der Waals surface area (Å²) < 4.78 is 37.3. The lowest BCUT2D eigenvalue weighted by Gasteiger charge is -2.12. The molecule has 0 atom stereocenters. The maximum absolute atomic E-state index is 12.4.